The van der Waals surface area contributed by atoms with Crippen molar-refractivity contribution in [3.63, 3.8) is 0 Å². The molecule has 1 atom stereocenters. The molecule has 1 aliphatic rings. The van der Waals surface area contributed by atoms with Crippen molar-refractivity contribution < 1.29 is 23.9 Å². The van der Waals surface area contributed by atoms with E-state index in [4.69, 9.17) is 4.74 Å². The van der Waals surface area contributed by atoms with Crippen molar-refractivity contribution in [2.24, 2.45) is 5.92 Å². The zero-order chi connectivity index (χ0) is 22.5. The normalized spacial score (nSPS) is 15.5. The lowest BCUT2D eigenvalue weighted by molar-refractivity contribution is -0.151. The number of nitrogens with zero attached hydrogens (tertiary/aromatic N) is 1. The van der Waals surface area contributed by atoms with Crippen LogP contribution in [0.4, 0.5) is 5.69 Å². The molecule has 31 heavy (non-hydrogen) atoms. The highest BCUT2D eigenvalue weighted by Gasteiger charge is 2.36. The van der Waals surface area contributed by atoms with Crippen LogP contribution in [-0.4, -0.2) is 41.9 Å². The number of hydrazine groups is 1. The number of anilines is 1. The third kappa shape index (κ3) is 5.91. The number of nitrogens with one attached hydrogen (secondary N) is 2. The monoisotopic (exact) mass is 487 g/mol. The predicted octanol–water partition coefficient (Wildman–Crippen LogP) is 2.74. The fourth-order valence-electron chi connectivity index (χ4n) is 3.07. The van der Waals surface area contributed by atoms with Gasteiger partial charge in [-0.05, 0) is 55.3 Å². The Hall–Kier alpha value is -3.20. The van der Waals surface area contributed by atoms with Gasteiger partial charge in [0.05, 0.1) is 12.5 Å². The van der Waals surface area contributed by atoms with Gasteiger partial charge >= 0.3 is 5.97 Å². The van der Waals surface area contributed by atoms with E-state index in [-0.39, 0.29) is 13.0 Å². The molecule has 3 rings (SSSR count). The zero-order valence-corrected chi connectivity index (χ0v) is 18.7. The summed E-state index contributed by atoms with van der Waals surface area (Å²) in [6.45, 7) is 3.30. The van der Waals surface area contributed by atoms with Gasteiger partial charge in [0.25, 0.3) is 11.8 Å². The molecule has 8 nitrogen and oxygen atoms in total. The van der Waals surface area contributed by atoms with Crippen LogP contribution >= 0.6 is 15.9 Å². The van der Waals surface area contributed by atoms with Crippen LogP contribution in [0.5, 0.6) is 0 Å². The summed E-state index contributed by atoms with van der Waals surface area (Å²) in [5.41, 5.74) is 5.42. The van der Waals surface area contributed by atoms with E-state index in [1.807, 2.05) is 32.0 Å². The Morgan fingerprint density at radius 1 is 1.13 bits per heavy atom. The molecular formula is C22H22BrN3O5. The molecular weight excluding hydrogens is 466 g/mol. The van der Waals surface area contributed by atoms with Crippen LogP contribution in [0.2, 0.25) is 0 Å². The first-order valence-corrected chi connectivity index (χ1v) is 10.4. The molecule has 0 radical (unpaired) electrons. The molecule has 9 heteroatoms. The molecule has 3 amide bonds. The Bertz CT molecular complexity index is 1020. The van der Waals surface area contributed by atoms with Crippen LogP contribution in [0.3, 0.4) is 0 Å². The first-order valence-electron chi connectivity index (χ1n) is 9.63. The van der Waals surface area contributed by atoms with Crippen molar-refractivity contribution >= 4 is 45.3 Å². The molecule has 162 valence electrons. The molecule has 1 heterocycles. The fourth-order valence-corrected chi connectivity index (χ4v) is 3.34. The minimum absolute atomic E-state index is 0.0153. The topological polar surface area (TPSA) is 105 Å². The Balaban J connectivity index is 1.49. The van der Waals surface area contributed by atoms with Crippen molar-refractivity contribution in [1.82, 2.24) is 10.4 Å². The molecule has 0 aliphatic carbocycles. The van der Waals surface area contributed by atoms with Crippen LogP contribution in [0.15, 0.2) is 46.9 Å². The second-order valence-electron chi connectivity index (χ2n) is 7.33. The molecule has 2 N–H and O–H groups in total. The van der Waals surface area contributed by atoms with E-state index in [9.17, 15) is 19.2 Å². The maximum absolute atomic E-state index is 12.3. The number of aryl methyl sites for hydroxylation is 2. The standard InChI is InChI=1S/C22H22BrN3O5/c1-13-3-4-14(2)18(9-13)24-19(27)12-31-22(30)16-10-20(28)26(11-16)25-21(29)15-5-7-17(23)8-6-15/h3-9,16H,10-12H2,1-2H3,(H,24,27)(H,25,29)/t16-/m1/s1. The van der Waals surface area contributed by atoms with E-state index >= 15 is 0 Å². The van der Waals surface area contributed by atoms with Crippen molar-refractivity contribution in [1.29, 1.82) is 0 Å². The first-order chi connectivity index (χ1) is 14.7. The van der Waals surface area contributed by atoms with Gasteiger partial charge in [0, 0.05) is 22.1 Å². The number of hydrogen-bond donors (Lipinski definition) is 2. The minimum Gasteiger partial charge on any atom is -0.455 e. The van der Waals surface area contributed by atoms with Gasteiger partial charge in [-0.3, -0.25) is 29.6 Å². The van der Waals surface area contributed by atoms with E-state index in [2.05, 4.69) is 26.7 Å². The van der Waals surface area contributed by atoms with E-state index in [1.165, 1.54) is 0 Å². The summed E-state index contributed by atoms with van der Waals surface area (Å²) >= 11 is 3.29. The molecule has 0 spiro atoms. The lowest BCUT2D eigenvalue weighted by Crippen LogP contribution is -2.43. The molecule has 0 unspecified atom stereocenters. The molecule has 2 aromatic carbocycles. The van der Waals surface area contributed by atoms with Crippen LogP contribution < -0.4 is 10.7 Å². The highest BCUT2D eigenvalue weighted by Crippen LogP contribution is 2.19. The second-order valence-corrected chi connectivity index (χ2v) is 8.24. The molecule has 2 aromatic rings. The van der Waals surface area contributed by atoms with Crippen molar-refractivity contribution in [2.45, 2.75) is 20.3 Å². The SMILES string of the molecule is Cc1ccc(C)c(NC(=O)COC(=O)[C@@H]2CC(=O)N(NC(=O)c3ccc(Br)cc3)C2)c1. The number of rotatable bonds is 6. The first kappa shape index (κ1) is 22.5. The van der Waals surface area contributed by atoms with Crippen molar-refractivity contribution in [3.05, 3.63) is 63.6 Å². The zero-order valence-electron chi connectivity index (χ0n) is 17.1. The van der Waals surface area contributed by atoms with Gasteiger partial charge in [0.1, 0.15) is 0 Å². The number of carbonyl (C=O) groups is 4. The molecule has 1 aliphatic heterocycles. The van der Waals surface area contributed by atoms with Gasteiger partial charge in [0.15, 0.2) is 6.61 Å². The summed E-state index contributed by atoms with van der Waals surface area (Å²) in [6, 6.07) is 12.3. The Morgan fingerprint density at radius 3 is 2.55 bits per heavy atom. The maximum atomic E-state index is 12.3. The average Bonchev–Trinajstić information content (AvgIpc) is 3.09. The van der Waals surface area contributed by atoms with Crippen molar-refractivity contribution in [2.75, 3.05) is 18.5 Å². The summed E-state index contributed by atoms with van der Waals surface area (Å²) < 4.78 is 5.91. The van der Waals surface area contributed by atoms with E-state index in [0.29, 0.717) is 11.3 Å². The van der Waals surface area contributed by atoms with Gasteiger partial charge in [-0.25, -0.2) is 0 Å². The van der Waals surface area contributed by atoms with Crippen molar-refractivity contribution in [3.8, 4) is 0 Å². The number of ether oxygens (including phenoxy) is 1. The van der Waals surface area contributed by atoms with Crippen LogP contribution in [-0.2, 0) is 19.1 Å². The highest BCUT2D eigenvalue weighted by atomic mass is 79.9. The summed E-state index contributed by atoms with van der Waals surface area (Å²) in [5.74, 6) is -2.74. The summed E-state index contributed by atoms with van der Waals surface area (Å²) in [6.07, 6.45) is -0.0991. The summed E-state index contributed by atoms with van der Waals surface area (Å²) in [7, 11) is 0. The van der Waals surface area contributed by atoms with Gasteiger partial charge < -0.3 is 10.1 Å². The van der Waals surface area contributed by atoms with Gasteiger partial charge in [-0.15, -0.1) is 0 Å². The third-order valence-corrected chi connectivity index (χ3v) is 5.34. The summed E-state index contributed by atoms with van der Waals surface area (Å²) in [5, 5.41) is 3.81. The molecule has 1 fully saturated rings. The smallest absolute Gasteiger partial charge is 0.311 e. The minimum atomic E-state index is -0.758. The Morgan fingerprint density at radius 2 is 1.84 bits per heavy atom. The van der Waals surface area contributed by atoms with Crippen LogP contribution in [0.25, 0.3) is 0 Å². The maximum Gasteiger partial charge on any atom is 0.311 e. The molecule has 0 bridgehead atoms. The third-order valence-electron chi connectivity index (χ3n) is 4.81. The van der Waals surface area contributed by atoms with Crippen LogP contribution in [0, 0.1) is 19.8 Å². The number of halogens is 1. The van der Waals surface area contributed by atoms with E-state index in [0.717, 1.165) is 20.6 Å². The van der Waals surface area contributed by atoms with Gasteiger partial charge in [0.2, 0.25) is 5.91 Å². The number of benzene rings is 2. The predicted molar refractivity (Wildman–Crippen MR) is 117 cm³/mol. The Labute approximate surface area is 188 Å². The van der Waals surface area contributed by atoms with E-state index < -0.39 is 36.2 Å². The Kier molecular flexibility index (Phi) is 7.06. The van der Waals surface area contributed by atoms with Crippen LogP contribution in [0.1, 0.15) is 27.9 Å². The molecule has 0 aromatic heterocycles. The summed E-state index contributed by atoms with van der Waals surface area (Å²) in [4.78, 5) is 48.9. The molecule has 0 saturated carbocycles. The lowest BCUT2D eigenvalue weighted by atomic mass is 10.1. The number of esters is 1. The molecule has 1 saturated heterocycles. The van der Waals surface area contributed by atoms with Gasteiger partial charge in [-0.2, -0.15) is 0 Å². The number of hydrogen-bond acceptors (Lipinski definition) is 5. The lowest BCUT2D eigenvalue weighted by Gasteiger charge is -2.17. The average molecular weight is 488 g/mol. The van der Waals surface area contributed by atoms with Gasteiger partial charge in [-0.1, -0.05) is 28.1 Å². The quantitative estimate of drug-likeness (QED) is 0.609. The number of amides is 3. The number of carbonyl (C=O) groups excluding carboxylic acids is 4. The fraction of sp³-hybridized carbons (Fsp3) is 0.273. The largest absolute Gasteiger partial charge is 0.455 e. The second kappa shape index (κ2) is 9.74. The van der Waals surface area contributed by atoms with E-state index in [1.54, 1.807) is 24.3 Å². The highest BCUT2D eigenvalue weighted by molar-refractivity contribution is 9.10.